The molecule has 0 N–H and O–H groups in total. The second kappa shape index (κ2) is 11.8. The maximum absolute atomic E-state index is 12.6. The molecule has 0 saturated heterocycles. The number of hydrogen-bond donors (Lipinski definition) is 0. The number of nitro benzene ring substituents is 1. The molecule has 11 heteroatoms. The first-order valence-electron chi connectivity index (χ1n) is 12.0. The summed E-state index contributed by atoms with van der Waals surface area (Å²) in [6.45, 7) is 7.44. The lowest BCUT2D eigenvalue weighted by Crippen LogP contribution is -2.40. The maximum atomic E-state index is 12.6. The molecule has 0 fully saturated rings. The molecule has 11 nitrogen and oxygen atoms in total. The van der Waals surface area contributed by atoms with Crippen LogP contribution in [0, 0.1) is 10.1 Å². The van der Waals surface area contributed by atoms with Crippen LogP contribution < -0.4 is 4.74 Å². The predicted octanol–water partition coefficient (Wildman–Crippen LogP) is 5.93. The smallest absolute Gasteiger partial charge is 0.410 e. The van der Waals surface area contributed by atoms with Crippen molar-refractivity contribution in [2.24, 2.45) is 0 Å². The lowest BCUT2D eigenvalue weighted by Gasteiger charge is -2.26. The Morgan fingerprint density at radius 1 is 1.03 bits per heavy atom. The third-order valence-corrected chi connectivity index (χ3v) is 5.52. The molecule has 38 heavy (non-hydrogen) atoms. The number of pyridine rings is 1. The van der Waals surface area contributed by atoms with Gasteiger partial charge in [0, 0.05) is 44.8 Å². The molecule has 0 aliphatic heterocycles. The summed E-state index contributed by atoms with van der Waals surface area (Å²) in [4.78, 5) is 42.8. The molecule has 0 aliphatic carbocycles. The van der Waals surface area contributed by atoms with Gasteiger partial charge in [0.05, 0.1) is 10.4 Å². The number of fused-ring (bicyclic) bond motifs is 1. The number of carbonyl (C=O) groups is 2. The van der Waals surface area contributed by atoms with Gasteiger partial charge in [-0.05, 0) is 69.7 Å². The molecule has 202 valence electrons. The summed E-state index contributed by atoms with van der Waals surface area (Å²) in [5, 5.41) is 12.4. The molecule has 2 amide bonds. The van der Waals surface area contributed by atoms with Crippen molar-refractivity contribution in [1.29, 1.82) is 0 Å². The minimum Gasteiger partial charge on any atom is -0.450 e. The Morgan fingerprint density at radius 2 is 1.71 bits per heavy atom. The average Bonchev–Trinajstić information content (AvgIpc) is 2.85. The Labute approximate surface area is 221 Å². The molecule has 1 heterocycles. The van der Waals surface area contributed by atoms with E-state index in [4.69, 9.17) is 14.2 Å². The molecule has 2 aromatic carbocycles. The Balaban J connectivity index is 1.67. The average molecular weight is 525 g/mol. The zero-order valence-electron chi connectivity index (χ0n) is 22.3. The van der Waals surface area contributed by atoms with Crippen molar-refractivity contribution in [3.05, 3.63) is 70.4 Å². The number of likely N-dealkylation sites (N-methyl/N-ethyl adjacent to an activating group) is 2. The van der Waals surface area contributed by atoms with Gasteiger partial charge in [-0.15, -0.1) is 0 Å². The van der Waals surface area contributed by atoms with Gasteiger partial charge in [0.25, 0.3) is 0 Å². The number of nitrogens with zero attached hydrogens (tertiary/aromatic N) is 4. The predicted molar refractivity (Wildman–Crippen MR) is 141 cm³/mol. The monoisotopic (exact) mass is 524 g/mol. The van der Waals surface area contributed by atoms with E-state index < -0.39 is 28.8 Å². The fourth-order valence-corrected chi connectivity index (χ4v) is 3.39. The van der Waals surface area contributed by atoms with Crippen molar-refractivity contribution >= 4 is 28.8 Å². The summed E-state index contributed by atoms with van der Waals surface area (Å²) in [7, 11) is 3.14. The molecular formula is C27H32N4O7. The van der Waals surface area contributed by atoms with E-state index in [0.717, 1.165) is 10.9 Å². The van der Waals surface area contributed by atoms with Gasteiger partial charge >= 0.3 is 17.9 Å². The van der Waals surface area contributed by atoms with E-state index in [1.54, 1.807) is 72.3 Å². The first kappa shape index (κ1) is 28.2. The van der Waals surface area contributed by atoms with Crippen LogP contribution in [-0.4, -0.2) is 64.7 Å². The molecule has 0 radical (unpaired) electrons. The van der Waals surface area contributed by atoms with Crippen LogP contribution in [0.25, 0.3) is 10.9 Å². The standard InChI is InChI=1S/C27H32N4O7/c1-18(36-25(32)29(5)14-15-30(6)26(33)38-27(2,3)4)19-9-12-23(31(34)35)24(17-19)37-21-10-11-22-20(16-21)8-7-13-28-22/h7-13,16-18H,14-15H2,1-6H3. The molecule has 1 atom stereocenters. The minimum atomic E-state index is -0.725. The van der Waals surface area contributed by atoms with Crippen molar-refractivity contribution in [3.8, 4) is 11.5 Å². The molecular weight excluding hydrogens is 492 g/mol. The summed E-state index contributed by atoms with van der Waals surface area (Å²) in [6.07, 6.45) is -0.152. The fourth-order valence-electron chi connectivity index (χ4n) is 3.39. The van der Waals surface area contributed by atoms with Crippen LogP contribution in [-0.2, 0) is 9.47 Å². The van der Waals surface area contributed by atoms with Crippen molar-refractivity contribution in [2.75, 3.05) is 27.2 Å². The van der Waals surface area contributed by atoms with Gasteiger partial charge in [0.2, 0.25) is 5.75 Å². The quantitative estimate of drug-likeness (QED) is 0.262. The molecule has 1 aromatic heterocycles. The summed E-state index contributed by atoms with van der Waals surface area (Å²) in [5.41, 5.74) is 0.441. The van der Waals surface area contributed by atoms with Crippen molar-refractivity contribution < 1.29 is 28.7 Å². The highest BCUT2D eigenvalue weighted by molar-refractivity contribution is 5.80. The number of hydrogen-bond acceptors (Lipinski definition) is 8. The second-order valence-electron chi connectivity index (χ2n) is 9.79. The summed E-state index contributed by atoms with van der Waals surface area (Å²) in [6, 6.07) is 13.2. The lowest BCUT2D eigenvalue weighted by molar-refractivity contribution is -0.385. The Kier molecular flexibility index (Phi) is 8.72. The summed E-state index contributed by atoms with van der Waals surface area (Å²) in [5.74, 6) is 0.426. The molecule has 0 aliphatic rings. The van der Waals surface area contributed by atoms with Gasteiger partial charge in [-0.2, -0.15) is 0 Å². The molecule has 0 saturated carbocycles. The van der Waals surface area contributed by atoms with E-state index >= 15 is 0 Å². The van der Waals surface area contributed by atoms with Crippen molar-refractivity contribution in [2.45, 2.75) is 39.4 Å². The zero-order valence-corrected chi connectivity index (χ0v) is 22.3. The highest BCUT2D eigenvalue weighted by Gasteiger charge is 2.23. The number of amides is 2. The second-order valence-corrected chi connectivity index (χ2v) is 9.79. The number of rotatable bonds is 8. The lowest BCUT2D eigenvalue weighted by atomic mass is 10.1. The molecule has 3 aromatic rings. The van der Waals surface area contributed by atoms with Crippen LogP contribution in [0.4, 0.5) is 15.3 Å². The third-order valence-electron chi connectivity index (χ3n) is 5.52. The first-order valence-corrected chi connectivity index (χ1v) is 12.0. The van der Waals surface area contributed by atoms with Crippen LogP contribution in [0.1, 0.15) is 39.4 Å². The van der Waals surface area contributed by atoms with Gasteiger partial charge in [-0.25, -0.2) is 9.59 Å². The van der Waals surface area contributed by atoms with E-state index in [1.165, 1.54) is 28.0 Å². The van der Waals surface area contributed by atoms with Crippen LogP contribution in [0.5, 0.6) is 11.5 Å². The fraction of sp³-hybridized carbons (Fsp3) is 0.370. The van der Waals surface area contributed by atoms with Gasteiger partial charge in [-0.3, -0.25) is 15.1 Å². The number of carbonyl (C=O) groups excluding carboxylic acids is 2. The Bertz CT molecular complexity index is 1320. The van der Waals surface area contributed by atoms with Gasteiger partial charge in [0.1, 0.15) is 17.5 Å². The molecule has 1 unspecified atom stereocenters. The van der Waals surface area contributed by atoms with E-state index in [1.807, 2.05) is 6.07 Å². The van der Waals surface area contributed by atoms with E-state index in [2.05, 4.69) is 4.98 Å². The van der Waals surface area contributed by atoms with E-state index in [9.17, 15) is 19.7 Å². The van der Waals surface area contributed by atoms with Crippen LogP contribution in [0.2, 0.25) is 0 Å². The summed E-state index contributed by atoms with van der Waals surface area (Å²) >= 11 is 0. The number of ether oxygens (including phenoxy) is 3. The number of benzene rings is 2. The molecule has 0 bridgehead atoms. The van der Waals surface area contributed by atoms with E-state index in [-0.39, 0.29) is 24.5 Å². The number of nitro groups is 1. The molecule has 0 spiro atoms. The normalized spacial score (nSPS) is 11.9. The SMILES string of the molecule is CC(OC(=O)N(C)CCN(C)C(=O)OC(C)(C)C)c1ccc([N+](=O)[O-])c(Oc2ccc3ncccc3c2)c1. The van der Waals surface area contributed by atoms with Crippen LogP contribution in [0.3, 0.4) is 0 Å². The minimum absolute atomic E-state index is 0.0194. The van der Waals surface area contributed by atoms with Crippen LogP contribution in [0.15, 0.2) is 54.7 Å². The third kappa shape index (κ3) is 7.55. The highest BCUT2D eigenvalue weighted by Crippen LogP contribution is 2.35. The highest BCUT2D eigenvalue weighted by atomic mass is 16.6. The van der Waals surface area contributed by atoms with Gasteiger partial charge < -0.3 is 24.0 Å². The first-order chi connectivity index (χ1) is 17.8. The Hall–Kier alpha value is -4.41. The Morgan fingerprint density at radius 3 is 2.37 bits per heavy atom. The van der Waals surface area contributed by atoms with Crippen molar-refractivity contribution in [3.63, 3.8) is 0 Å². The number of aromatic nitrogens is 1. The van der Waals surface area contributed by atoms with Crippen LogP contribution >= 0.6 is 0 Å². The summed E-state index contributed by atoms with van der Waals surface area (Å²) < 4.78 is 16.7. The zero-order chi connectivity index (χ0) is 28.0. The largest absolute Gasteiger partial charge is 0.450 e. The topological polar surface area (TPSA) is 124 Å². The van der Waals surface area contributed by atoms with Gasteiger partial charge in [-0.1, -0.05) is 6.07 Å². The van der Waals surface area contributed by atoms with Gasteiger partial charge in [0.15, 0.2) is 0 Å². The van der Waals surface area contributed by atoms with E-state index in [0.29, 0.717) is 11.3 Å². The van der Waals surface area contributed by atoms with Crippen molar-refractivity contribution in [1.82, 2.24) is 14.8 Å². The molecule has 3 rings (SSSR count). The maximum Gasteiger partial charge on any atom is 0.410 e.